The summed E-state index contributed by atoms with van der Waals surface area (Å²) in [6, 6.07) is 8.84. The summed E-state index contributed by atoms with van der Waals surface area (Å²) in [5, 5.41) is 6.97. The molecule has 0 unspecified atom stereocenters. The molecule has 1 aromatic carbocycles. The highest BCUT2D eigenvalue weighted by molar-refractivity contribution is 5.63. The SMILES string of the molecule is Cc1nc(Nc2cccc(C)c2C)cc(NC2CCCC2)n1. The maximum atomic E-state index is 4.52. The van der Waals surface area contributed by atoms with Gasteiger partial charge in [-0.25, -0.2) is 9.97 Å². The first-order valence-corrected chi connectivity index (χ1v) is 8.07. The molecule has 0 aliphatic heterocycles. The predicted octanol–water partition coefficient (Wildman–Crippen LogP) is 4.50. The molecule has 116 valence electrons. The van der Waals surface area contributed by atoms with Crippen LogP contribution in [0.3, 0.4) is 0 Å². The molecule has 1 aliphatic rings. The van der Waals surface area contributed by atoms with E-state index in [0.717, 1.165) is 23.1 Å². The number of hydrogen-bond donors (Lipinski definition) is 2. The van der Waals surface area contributed by atoms with E-state index < -0.39 is 0 Å². The molecule has 4 heteroatoms. The third-order valence-electron chi connectivity index (χ3n) is 4.41. The molecule has 1 saturated carbocycles. The van der Waals surface area contributed by atoms with Crippen LogP contribution in [-0.2, 0) is 0 Å². The fourth-order valence-corrected chi connectivity index (χ4v) is 3.01. The van der Waals surface area contributed by atoms with E-state index in [1.807, 2.05) is 13.0 Å². The zero-order chi connectivity index (χ0) is 15.5. The van der Waals surface area contributed by atoms with Gasteiger partial charge >= 0.3 is 0 Å². The summed E-state index contributed by atoms with van der Waals surface area (Å²) in [6.45, 7) is 6.19. The fraction of sp³-hybridized carbons (Fsp3) is 0.444. The van der Waals surface area contributed by atoms with E-state index in [9.17, 15) is 0 Å². The van der Waals surface area contributed by atoms with Gasteiger partial charge in [0, 0.05) is 17.8 Å². The molecule has 22 heavy (non-hydrogen) atoms. The summed E-state index contributed by atoms with van der Waals surface area (Å²) in [7, 11) is 0. The first-order chi connectivity index (χ1) is 10.6. The maximum absolute atomic E-state index is 4.52. The molecule has 0 saturated heterocycles. The Bertz CT molecular complexity index is 660. The van der Waals surface area contributed by atoms with Gasteiger partial charge in [0.1, 0.15) is 17.5 Å². The molecule has 4 nitrogen and oxygen atoms in total. The summed E-state index contributed by atoms with van der Waals surface area (Å²) in [6.07, 6.45) is 5.11. The van der Waals surface area contributed by atoms with E-state index in [2.05, 4.69) is 52.6 Å². The van der Waals surface area contributed by atoms with Crippen molar-refractivity contribution < 1.29 is 0 Å². The fourth-order valence-electron chi connectivity index (χ4n) is 3.01. The smallest absolute Gasteiger partial charge is 0.136 e. The largest absolute Gasteiger partial charge is 0.367 e. The first-order valence-electron chi connectivity index (χ1n) is 8.07. The molecule has 1 heterocycles. The number of aryl methyl sites for hydroxylation is 2. The molecular weight excluding hydrogens is 272 g/mol. The van der Waals surface area contributed by atoms with Crippen LogP contribution in [0.2, 0.25) is 0 Å². The number of anilines is 3. The molecule has 1 aliphatic carbocycles. The second-order valence-electron chi connectivity index (χ2n) is 6.18. The van der Waals surface area contributed by atoms with Crippen molar-refractivity contribution in [1.82, 2.24) is 9.97 Å². The Balaban J connectivity index is 1.81. The minimum Gasteiger partial charge on any atom is -0.367 e. The first kappa shape index (κ1) is 14.8. The van der Waals surface area contributed by atoms with Crippen LogP contribution in [0.4, 0.5) is 17.3 Å². The van der Waals surface area contributed by atoms with Gasteiger partial charge in [0.15, 0.2) is 0 Å². The van der Waals surface area contributed by atoms with Crippen molar-refractivity contribution in [3.63, 3.8) is 0 Å². The third-order valence-corrected chi connectivity index (χ3v) is 4.41. The Hall–Kier alpha value is -2.10. The second-order valence-corrected chi connectivity index (χ2v) is 6.18. The monoisotopic (exact) mass is 296 g/mol. The van der Waals surface area contributed by atoms with Crippen molar-refractivity contribution in [1.29, 1.82) is 0 Å². The van der Waals surface area contributed by atoms with Gasteiger partial charge in [-0.1, -0.05) is 25.0 Å². The summed E-state index contributed by atoms with van der Waals surface area (Å²) >= 11 is 0. The van der Waals surface area contributed by atoms with Crippen LogP contribution >= 0.6 is 0 Å². The van der Waals surface area contributed by atoms with Crippen LogP contribution in [-0.4, -0.2) is 16.0 Å². The van der Waals surface area contributed by atoms with Gasteiger partial charge in [-0.05, 0) is 50.8 Å². The number of aromatic nitrogens is 2. The third kappa shape index (κ3) is 3.38. The second kappa shape index (κ2) is 6.34. The zero-order valence-corrected chi connectivity index (χ0v) is 13.6. The Kier molecular flexibility index (Phi) is 4.27. The molecule has 2 aromatic rings. The summed E-state index contributed by atoms with van der Waals surface area (Å²) in [4.78, 5) is 9.03. The van der Waals surface area contributed by atoms with Crippen molar-refractivity contribution in [3.05, 3.63) is 41.2 Å². The highest BCUT2D eigenvalue weighted by atomic mass is 15.1. The predicted molar refractivity (Wildman–Crippen MR) is 91.8 cm³/mol. The van der Waals surface area contributed by atoms with E-state index in [0.29, 0.717) is 6.04 Å². The molecular formula is C18H24N4. The highest BCUT2D eigenvalue weighted by Crippen LogP contribution is 2.25. The van der Waals surface area contributed by atoms with Crippen LogP contribution in [0.15, 0.2) is 24.3 Å². The van der Waals surface area contributed by atoms with E-state index in [1.54, 1.807) is 0 Å². The van der Waals surface area contributed by atoms with Crippen molar-refractivity contribution >= 4 is 17.3 Å². The number of rotatable bonds is 4. The number of hydrogen-bond acceptors (Lipinski definition) is 4. The summed E-state index contributed by atoms with van der Waals surface area (Å²) in [5.41, 5.74) is 3.63. The minimum absolute atomic E-state index is 0.558. The van der Waals surface area contributed by atoms with Crippen molar-refractivity contribution in [2.75, 3.05) is 10.6 Å². The van der Waals surface area contributed by atoms with E-state index in [-0.39, 0.29) is 0 Å². The topological polar surface area (TPSA) is 49.8 Å². The van der Waals surface area contributed by atoms with Crippen LogP contribution in [0.1, 0.15) is 42.6 Å². The average molecular weight is 296 g/mol. The average Bonchev–Trinajstić information content (AvgIpc) is 2.96. The van der Waals surface area contributed by atoms with Crippen molar-refractivity contribution in [3.8, 4) is 0 Å². The summed E-state index contributed by atoms with van der Waals surface area (Å²) in [5.74, 6) is 2.56. The number of benzene rings is 1. The van der Waals surface area contributed by atoms with Crippen molar-refractivity contribution in [2.24, 2.45) is 0 Å². The lowest BCUT2D eigenvalue weighted by Gasteiger charge is -2.15. The molecule has 1 fully saturated rings. The number of nitrogens with zero attached hydrogens (tertiary/aromatic N) is 2. The zero-order valence-electron chi connectivity index (χ0n) is 13.6. The Morgan fingerprint density at radius 2 is 1.73 bits per heavy atom. The lowest BCUT2D eigenvalue weighted by atomic mass is 10.1. The maximum Gasteiger partial charge on any atom is 0.136 e. The molecule has 0 spiro atoms. The van der Waals surface area contributed by atoms with Crippen LogP contribution in [0.5, 0.6) is 0 Å². The molecule has 2 N–H and O–H groups in total. The molecule has 0 radical (unpaired) electrons. The molecule has 3 rings (SSSR count). The van der Waals surface area contributed by atoms with Gasteiger partial charge in [-0.3, -0.25) is 0 Å². The number of nitrogens with one attached hydrogen (secondary N) is 2. The van der Waals surface area contributed by atoms with Gasteiger partial charge < -0.3 is 10.6 Å². The van der Waals surface area contributed by atoms with Crippen LogP contribution < -0.4 is 10.6 Å². The standard InChI is InChI=1S/C18H24N4/c1-12-7-6-10-16(13(12)2)22-18-11-17(19-14(3)20-18)21-15-8-4-5-9-15/h6-7,10-11,15H,4-5,8-9H2,1-3H3,(H2,19,20,21,22). The lowest BCUT2D eigenvalue weighted by Crippen LogP contribution is -2.16. The molecule has 0 amide bonds. The van der Waals surface area contributed by atoms with Gasteiger partial charge in [0.25, 0.3) is 0 Å². The highest BCUT2D eigenvalue weighted by Gasteiger charge is 2.15. The van der Waals surface area contributed by atoms with Crippen LogP contribution in [0, 0.1) is 20.8 Å². The van der Waals surface area contributed by atoms with E-state index in [4.69, 9.17) is 0 Å². The molecule has 0 atom stereocenters. The molecule has 1 aromatic heterocycles. The van der Waals surface area contributed by atoms with Crippen molar-refractivity contribution in [2.45, 2.75) is 52.5 Å². The Morgan fingerprint density at radius 1 is 1.00 bits per heavy atom. The Morgan fingerprint density at radius 3 is 2.50 bits per heavy atom. The van der Waals surface area contributed by atoms with Gasteiger partial charge in [0.2, 0.25) is 0 Å². The van der Waals surface area contributed by atoms with E-state index >= 15 is 0 Å². The van der Waals surface area contributed by atoms with Gasteiger partial charge in [-0.2, -0.15) is 0 Å². The lowest BCUT2D eigenvalue weighted by molar-refractivity contribution is 0.748. The molecule has 0 bridgehead atoms. The summed E-state index contributed by atoms with van der Waals surface area (Å²) < 4.78 is 0. The van der Waals surface area contributed by atoms with Gasteiger partial charge in [0.05, 0.1) is 0 Å². The van der Waals surface area contributed by atoms with E-state index in [1.165, 1.54) is 36.8 Å². The van der Waals surface area contributed by atoms with Gasteiger partial charge in [-0.15, -0.1) is 0 Å². The van der Waals surface area contributed by atoms with Crippen LogP contribution in [0.25, 0.3) is 0 Å². The Labute approximate surface area is 132 Å². The normalized spacial score (nSPS) is 15.0. The minimum atomic E-state index is 0.558. The quantitative estimate of drug-likeness (QED) is 0.872.